The smallest absolute Gasteiger partial charge is 0.322 e. The Hall–Kier alpha value is -1.40. The number of hydrogen-bond donors (Lipinski definition) is 2. The van der Waals surface area contributed by atoms with E-state index in [2.05, 4.69) is 5.32 Å². The predicted octanol–water partition coefficient (Wildman–Crippen LogP) is 3.07. The summed E-state index contributed by atoms with van der Waals surface area (Å²) in [7, 11) is 0. The number of urea groups is 1. The highest BCUT2D eigenvalue weighted by Gasteiger charge is 2.29. The molecule has 0 spiro atoms. The van der Waals surface area contributed by atoms with Crippen molar-refractivity contribution in [2.24, 2.45) is 0 Å². The summed E-state index contributed by atoms with van der Waals surface area (Å²) in [5.41, 5.74) is 1.55. The van der Waals surface area contributed by atoms with Crippen molar-refractivity contribution in [2.45, 2.75) is 19.4 Å². The van der Waals surface area contributed by atoms with Gasteiger partial charge in [-0.25, -0.2) is 4.79 Å². The fourth-order valence-corrected chi connectivity index (χ4v) is 3.55. The second kappa shape index (κ2) is 7.04. The molecule has 114 valence electrons. The molecule has 5 nitrogen and oxygen atoms in total. The summed E-state index contributed by atoms with van der Waals surface area (Å²) in [6, 6.07) is 4.80. The van der Waals surface area contributed by atoms with E-state index >= 15 is 0 Å². The summed E-state index contributed by atoms with van der Waals surface area (Å²) in [4.78, 5) is 24.8. The van der Waals surface area contributed by atoms with Gasteiger partial charge in [0.1, 0.15) is 0 Å². The number of amides is 2. The van der Waals surface area contributed by atoms with Gasteiger partial charge in [-0.2, -0.15) is 11.8 Å². The zero-order valence-electron chi connectivity index (χ0n) is 11.6. The van der Waals surface area contributed by atoms with E-state index in [9.17, 15) is 9.59 Å². The SMILES string of the molecule is Cc1ccc(NC(=O)N2CCSCC2CC(=O)O)c(Cl)c1. The minimum atomic E-state index is -0.895. The van der Waals surface area contributed by atoms with Crippen LogP contribution in [-0.2, 0) is 4.79 Å². The fourth-order valence-electron chi connectivity index (χ4n) is 2.20. The summed E-state index contributed by atoms with van der Waals surface area (Å²) in [5, 5.41) is 12.2. The molecular formula is C14H17ClN2O3S. The zero-order valence-corrected chi connectivity index (χ0v) is 13.2. The number of carboxylic acid groups (broad SMARTS) is 1. The van der Waals surface area contributed by atoms with Gasteiger partial charge in [-0.3, -0.25) is 4.79 Å². The van der Waals surface area contributed by atoms with E-state index in [0.717, 1.165) is 11.3 Å². The lowest BCUT2D eigenvalue weighted by atomic mass is 10.2. The van der Waals surface area contributed by atoms with Gasteiger partial charge in [0.15, 0.2) is 0 Å². The molecule has 1 aromatic rings. The average Bonchev–Trinajstić information content (AvgIpc) is 2.42. The Morgan fingerprint density at radius 1 is 1.52 bits per heavy atom. The Bertz CT molecular complexity index is 553. The molecule has 0 radical (unpaired) electrons. The summed E-state index contributed by atoms with van der Waals surface area (Å²) in [6.07, 6.45) is -0.0396. The lowest BCUT2D eigenvalue weighted by molar-refractivity contribution is -0.137. The average molecular weight is 329 g/mol. The number of nitrogens with one attached hydrogen (secondary N) is 1. The molecule has 1 atom stereocenters. The lowest BCUT2D eigenvalue weighted by Crippen LogP contribution is -2.48. The molecule has 1 aliphatic rings. The second-order valence-corrected chi connectivity index (χ2v) is 6.49. The van der Waals surface area contributed by atoms with Crippen LogP contribution in [-0.4, -0.2) is 46.1 Å². The molecule has 1 fully saturated rings. The number of halogens is 1. The van der Waals surface area contributed by atoms with E-state index in [4.69, 9.17) is 16.7 Å². The van der Waals surface area contributed by atoms with Crippen molar-refractivity contribution in [1.29, 1.82) is 0 Å². The topological polar surface area (TPSA) is 69.6 Å². The number of aryl methyl sites for hydroxylation is 1. The molecule has 7 heteroatoms. The first-order chi connectivity index (χ1) is 9.97. The number of carbonyl (C=O) groups is 2. The Balaban J connectivity index is 2.08. The van der Waals surface area contributed by atoms with Gasteiger partial charge in [0.25, 0.3) is 0 Å². The highest BCUT2D eigenvalue weighted by atomic mass is 35.5. The molecule has 1 aromatic carbocycles. The molecule has 21 heavy (non-hydrogen) atoms. The van der Waals surface area contributed by atoms with Crippen molar-refractivity contribution in [3.05, 3.63) is 28.8 Å². The van der Waals surface area contributed by atoms with Crippen molar-refractivity contribution in [3.8, 4) is 0 Å². The normalized spacial score (nSPS) is 18.4. The monoisotopic (exact) mass is 328 g/mol. The molecule has 1 unspecified atom stereocenters. The molecule has 1 heterocycles. The van der Waals surface area contributed by atoms with E-state index in [1.807, 2.05) is 13.0 Å². The van der Waals surface area contributed by atoms with Crippen LogP contribution < -0.4 is 5.32 Å². The van der Waals surface area contributed by atoms with E-state index in [-0.39, 0.29) is 18.5 Å². The molecule has 2 rings (SSSR count). The Kier molecular flexibility index (Phi) is 5.36. The van der Waals surface area contributed by atoms with Gasteiger partial charge >= 0.3 is 12.0 Å². The van der Waals surface area contributed by atoms with Crippen LogP contribution in [0.5, 0.6) is 0 Å². The molecule has 0 bridgehead atoms. The molecule has 1 saturated heterocycles. The van der Waals surface area contributed by atoms with Gasteiger partial charge in [-0.1, -0.05) is 17.7 Å². The summed E-state index contributed by atoms with van der Waals surface area (Å²) in [5.74, 6) is 0.556. The predicted molar refractivity (Wildman–Crippen MR) is 85.3 cm³/mol. The second-order valence-electron chi connectivity index (χ2n) is 4.93. The third-order valence-electron chi connectivity index (χ3n) is 3.26. The number of benzene rings is 1. The molecule has 0 aromatic heterocycles. The van der Waals surface area contributed by atoms with Gasteiger partial charge in [0.05, 0.1) is 23.2 Å². The van der Waals surface area contributed by atoms with Gasteiger partial charge in [0.2, 0.25) is 0 Å². The molecule has 0 aliphatic carbocycles. The number of carbonyl (C=O) groups excluding carboxylic acids is 1. The number of hydrogen-bond acceptors (Lipinski definition) is 3. The summed E-state index contributed by atoms with van der Waals surface area (Å²) < 4.78 is 0. The minimum Gasteiger partial charge on any atom is -0.481 e. The van der Waals surface area contributed by atoms with Crippen LogP contribution in [0, 0.1) is 6.92 Å². The van der Waals surface area contributed by atoms with Crippen LogP contribution in [0.1, 0.15) is 12.0 Å². The quantitative estimate of drug-likeness (QED) is 0.894. The first kappa shape index (κ1) is 16.0. The standard InChI is InChI=1S/C14H17ClN2O3S/c1-9-2-3-12(11(15)6-9)16-14(20)17-4-5-21-8-10(17)7-13(18)19/h2-3,6,10H,4-5,7-8H2,1H3,(H,16,20)(H,18,19). The van der Waals surface area contributed by atoms with Gasteiger partial charge in [-0.15, -0.1) is 0 Å². The molecular weight excluding hydrogens is 312 g/mol. The molecule has 1 aliphatic heterocycles. The highest BCUT2D eigenvalue weighted by Crippen LogP contribution is 2.25. The summed E-state index contributed by atoms with van der Waals surface area (Å²) in [6.45, 7) is 2.46. The first-order valence-corrected chi connectivity index (χ1v) is 8.14. The number of aliphatic carboxylic acids is 1. The van der Waals surface area contributed by atoms with E-state index < -0.39 is 5.97 Å². The number of thioether (sulfide) groups is 1. The van der Waals surface area contributed by atoms with Crippen molar-refractivity contribution >= 4 is 41.1 Å². The van der Waals surface area contributed by atoms with Crippen molar-refractivity contribution in [1.82, 2.24) is 4.90 Å². The van der Waals surface area contributed by atoms with Crippen LogP contribution in [0.4, 0.5) is 10.5 Å². The first-order valence-electron chi connectivity index (χ1n) is 6.60. The minimum absolute atomic E-state index is 0.0396. The van der Waals surface area contributed by atoms with Crippen LogP contribution >= 0.6 is 23.4 Å². The lowest BCUT2D eigenvalue weighted by Gasteiger charge is -2.34. The van der Waals surface area contributed by atoms with E-state index in [1.54, 1.807) is 28.8 Å². The van der Waals surface area contributed by atoms with Crippen molar-refractivity contribution < 1.29 is 14.7 Å². The van der Waals surface area contributed by atoms with Crippen LogP contribution in [0.2, 0.25) is 5.02 Å². The number of rotatable bonds is 3. The van der Waals surface area contributed by atoms with Crippen molar-refractivity contribution in [3.63, 3.8) is 0 Å². The molecule has 0 saturated carbocycles. The van der Waals surface area contributed by atoms with E-state index in [1.165, 1.54) is 0 Å². The van der Waals surface area contributed by atoms with Crippen LogP contribution in [0.25, 0.3) is 0 Å². The highest BCUT2D eigenvalue weighted by molar-refractivity contribution is 7.99. The third kappa shape index (κ3) is 4.28. The maximum absolute atomic E-state index is 12.4. The Labute approximate surface area is 132 Å². The fraction of sp³-hybridized carbons (Fsp3) is 0.429. The van der Waals surface area contributed by atoms with Gasteiger partial charge < -0.3 is 15.3 Å². The maximum atomic E-state index is 12.4. The van der Waals surface area contributed by atoms with Gasteiger partial charge in [0, 0.05) is 18.1 Å². The largest absolute Gasteiger partial charge is 0.481 e. The zero-order chi connectivity index (χ0) is 15.4. The maximum Gasteiger partial charge on any atom is 0.322 e. The number of anilines is 1. The van der Waals surface area contributed by atoms with E-state index in [0.29, 0.717) is 23.0 Å². The number of nitrogens with zero attached hydrogens (tertiary/aromatic N) is 1. The van der Waals surface area contributed by atoms with Crippen molar-refractivity contribution in [2.75, 3.05) is 23.4 Å². The number of carboxylic acids is 1. The van der Waals surface area contributed by atoms with Gasteiger partial charge in [-0.05, 0) is 24.6 Å². The summed E-state index contributed by atoms with van der Waals surface area (Å²) >= 11 is 7.77. The Morgan fingerprint density at radius 2 is 2.29 bits per heavy atom. The Morgan fingerprint density at radius 3 is 2.95 bits per heavy atom. The third-order valence-corrected chi connectivity index (χ3v) is 4.67. The molecule has 2 N–H and O–H groups in total. The van der Waals surface area contributed by atoms with Crippen LogP contribution in [0.15, 0.2) is 18.2 Å². The molecule has 2 amide bonds. The van der Waals surface area contributed by atoms with Crippen LogP contribution in [0.3, 0.4) is 0 Å².